The van der Waals surface area contributed by atoms with E-state index in [1.165, 1.54) is 16.8 Å². The van der Waals surface area contributed by atoms with Crippen LogP contribution in [-0.4, -0.2) is 34.9 Å². The van der Waals surface area contributed by atoms with E-state index in [-0.39, 0.29) is 18.2 Å². The van der Waals surface area contributed by atoms with Gasteiger partial charge in [0.1, 0.15) is 11.6 Å². The highest BCUT2D eigenvalue weighted by Crippen LogP contribution is 2.27. The van der Waals surface area contributed by atoms with Gasteiger partial charge in [-0.25, -0.2) is 14.1 Å². The number of carbonyl (C=O) groups is 1. The lowest BCUT2D eigenvalue weighted by Gasteiger charge is -2.09. The molecule has 1 heterocycles. The number of ether oxygens (including phenoxy) is 2. The van der Waals surface area contributed by atoms with Gasteiger partial charge < -0.3 is 14.8 Å². The van der Waals surface area contributed by atoms with E-state index in [9.17, 15) is 9.18 Å². The minimum atomic E-state index is -0.409. The highest BCUT2D eigenvalue weighted by atomic mass is 19.1. The van der Waals surface area contributed by atoms with Crippen molar-refractivity contribution in [2.75, 3.05) is 14.2 Å². The Labute approximate surface area is 155 Å². The summed E-state index contributed by atoms with van der Waals surface area (Å²) in [5.41, 5.74) is 1.47. The second-order valence-electron chi connectivity index (χ2n) is 5.74. The van der Waals surface area contributed by atoms with Gasteiger partial charge in [-0.3, -0.25) is 4.79 Å². The van der Waals surface area contributed by atoms with Crippen molar-refractivity contribution in [3.05, 3.63) is 65.5 Å². The molecule has 2 aromatic carbocycles. The summed E-state index contributed by atoms with van der Waals surface area (Å²) >= 11 is 0. The van der Waals surface area contributed by atoms with Crippen LogP contribution >= 0.6 is 0 Å². The van der Waals surface area contributed by atoms with E-state index in [1.807, 2.05) is 6.07 Å². The molecule has 1 amide bonds. The molecule has 8 heteroatoms. The van der Waals surface area contributed by atoms with E-state index in [1.54, 1.807) is 45.4 Å². The van der Waals surface area contributed by atoms with Crippen molar-refractivity contribution in [1.82, 2.24) is 20.1 Å². The van der Waals surface area contributed by atoms with Crippen molar-refractivity contribution in [2.45, 2.75) is 13.5 Å². The maximum Gasteiger partial charge on any atom is 0.291 e. The minimum Gasteiger partial charge on any atom is -0.493 e. The molecule has 7 nitrogen and oxygen atoms in total. The van der Waals surface area contributed by atoms with Crippen LogP contribution in [0.2, 0.25) is 0 Å². The molecule has 0 saturated heterocycles. The molecule has 0 radical (unpaired) electrons. The first kappa shape index (κ1) is 18.4. The third kappa shape index (κ3) is 4.05. The van der Waals surface area contributed by atoms with E-state index in [0.717, 1.165) is 5.56 Å². The van der Waals surface area contributed by atoms with Crippen LogP contribution in [-0.2, 0) is 6.54 Å². The molecule has 3 aromatic rings. The highest BCUT2D eigenvalue weighted by Gasteiger charge is 2.15. The van der Waals surface area contributed by atoms with Crippen molar-refractivity contribution in [1.29, 1.82) is 0 Å². The summed E-state index contributed by atoms with van der Waals surface area (Å²) in [6, 6.07) is 11.2. The lowest BCUT2D eigenvalue weighted by atomic mass is 10.2. The number of aromatic nitrogens is 3. The number of aryl methyl sites for hydroxylation is 1. The molecule has 27 heavy (non-hydrogen) atoms. The summed E-state index contributed by atoms with van der Waals surface area (Å²) in [6.45, 7) is 2.00. The van der Waals surface area contributed by atoms with Crippen molar-refractivity contribution < 1.29 is 18.7 Å². The summed E-state index contributed by atoms with van der Waals surface area (Å²) in [5, 5.41) is 6.98. The number of nitrogens with one attached hydrogen (secondary N) is 1. The van der Waals surface area contributed by atoms with Crippen molar-refractivity contribution >= 4 is 5.91 Å². The van der Waals surface area contributed by atoms with Crippen molar-refractivity contribution in [3.8, 4) is 17.2 Å². The number of hydrogen-bond donors (Lipinski definition) is 1. The first-order valence-corrected chi connectivity index (χ1v) is 8.20. The number of nitrogens with zero attached hydrogens (tertiary/aromatic N) is 3. The van der Waals surface area contributed by atoms with Gasteiger partial charge in [-0.2, -0.15) is 0 Å². The average molecular weight is 370 g/mol. The number of carbonyl (C=O) groups excluding carboxylic acids is 1. The quantitative estimate of drug-likeness (QED) is 0.722. The van der Waals surface area contributed by atoms with Gasteiger partial charge in [0.2, 0.25) is 5.82 Å². The molecule has 0 unspecified atom stereocenters. The number of halogens is 1. The summed E-state index contributed by atoms with van der Waals surface area (Å²) in [5.74, 6) is 1.01. The van der Waals surface area contributed by atoms with E-state index < -0.39 is 5.91 Å². The van der Waals surface area contributed by atoms with Gasteiger partial charge in [0.25, 0.3) is 5.91 Å². The predicted molar refractivity (Wildman–Crippen MR) is 96.8 cm³/mol. The molecule has 0 spiro atoms. The molecular weight excluding hydrogens is 351 g/mol. The molecule has 0 saturated carbocycles. The Hall–Kier alpha value is -3.42. The van der Waals surface area contributed by atoms with Crippen LogP contribution < -0.4 is 14.8 Å². The van der Waals surface area contributed by atoms with Gasteiger partial charge in [0.05, 0.1) is 19.9 Å². The summed E-state index contributed by atoms with van der Waals surface area (Å²) in [4.78, 5) is 16.6. The highest BCUT2D eigenvalue weighted by molar-refractivity contribution is 5.90. The topological polar surface area (TPSA) is 78.3 Å². The SMILES string of the molecule is COc1ccc(CNC(=O)c2nc(C)n(-c3ccc(F)cc3)n2)cc1OC. The van der Waals surface area contributed by atoms with Gasteiger partial charge >= 0.3 is 0 Å². The van der Waals surface area contributed by atoms with Crippen molar-refractivity contribution in [3.63, 3.8) is 0 Å². The molecule has 3 rings (SSSR count). The van der Waals surface area contributed by atoms with Gasteiger partial charge in [0, 0.05) is 6.54 Å². The summed E-state index contributed by atoms with van der Waals surface area (Å²) < 4.78 is 25.0. The number of hydrogen-bond acceptors (Lipinski definition) is 5. The molecule has 1 aromatic heterocycles. The van der Waals surface area contributed by atoms with Gasteiger partial charge in [-0.05, 0) is 48.9 Å². The van der Waals surface area contributed by atoms with Crippen LogP contribution in [0.15, 0.2) is 42.5 Å². The fraction of sp³-hybridized carbons (Fsp3) is 0.211. The van der Waals surface area contributed by atoms with Crippen LogP contribution in [0, 0.1) is 12.7 Å². The second-order valence-corrected chi connectivity index (χ2v) is 5.74. The van der Waals surface area contributed by atoms with E-state index in [4.69, 9.17) is 9.47 Å². The zero-order valence-corrected chi connectivity index (χ0v) is 15.2. The molecule has 0 aliphatic heterocycles. The Balaban J connectivity index is 1.72. The number of benzene rings is 2. The maximum atomic E-state index is 13.1. The number of rotatable bonds is 6. The third-order valence-corrected chi connectivity index (χ3v) is 3.94. The summed E-state index contributed by atoms with van der Waals surface area (Å²) in [6.07, 6.45) is 0. The first-order chi connectivity index (χ1) is 13.0. The van der Waals surface area contributed by atoms with Crippen LogP contribution in [0.4, 0.5) is 4.39 Å². The molecule has 1 N–H and O–H groups in total. The van der Waals surface area contributed by atoms with Gasteiger partial charge in [0.15, 0.2) is 11.5 Å². The lowest BCUT2D eigenvalue weighted by Crippen LogP contribution is -2.24. The molecule has 0 bridgehead atoms. The Morgan fingerprint density at radius 2 is 1.81 bits per heavy atom. The van der Waals surface area contributed by atoms with Crippen LogP contribution in [0.5, 0.6) is 11.5 Å². The smallest absolute Gasteiger partial charge is 0.291 e. The Morgan fingerprint density at radius 1 is 1.11 bits per heavy atom. The molecule has 0 fully saturated rings. The average Bonchev–Trinajstić information content (AvgIpc) is 3.08. The Kier molecular flexibility index (Phi) is 5.35. The maximum absolute atomic E-state index is 13.1. The fourth-order valence-corrected chi connectivity index (χ4v) is 2.57. The van der Waals surface area contributed by atoms with Crippen LogP contribution in [0.25, 0.3) is 5.69 Å². The Bertz CT molecular complexity index is 954. The van der Waals surface area contributed by atoms with E-state index >= 15 is 0 Å². The molecule has 0 atom stereocenters. The lowest BCUT2D eigenvalue weighted by molar-refractivity contribution is 0.0940. The van der Waals surface area contributed by atoms with E-state index in [0.29, 0.717) is 23.0 Å². The predicted octanol–water partition coefficient (Wildman–Crippen LogP) is 2.66. The molecule has 140 valence electrons. The Morgan fingerprint density at radius 3 is 2.48 bits per heavy atom. The first-order valence-electron chi connectivity index (χ1n) is 8.20. The second kappa shape index (κ2) is 7.86. The van der Waals surface area contributed by atoms with Gasteiger partial charge in [-0.15, -0.1) is 5.10 Å². The normalized spacial score (nSPS) is 10.5. The number of amides is 1. The standard InChI is InChI=1S/C19H19FN4O3/c1-12-22-18(23-24(12)15-7-5-14(20)6-8-15)19(25)21-11-13-4-9-16(26-2)17(10-13)27-3/h4-10H,11H2,1-3H3,(H,21,25). The molecule has 0 aliphatic carbocycles. The van der Waals surface area contributed by atoms with Crippen LogP contribution in [0.1, 0.15) is 22.0 Å². The van der Waals surface area contributed by atoms with E-state index in [2.05, 4.69) is 15.4 Å². The van der Waals surface area contributed by atoms with Crippen LogP contribution in [0.3, 0.4) is 0 Å². The number of methoxy groups -OCH3 is 2. The zero-order valence-electron chi connectivity index (χ0n) is 15.2. The summed E-state index contributed by atoms with van der Waals surface area (Å²) in [7, 11) is 3.11. The fourth-order valence-electron chi connectivity index (χ4n) is 2.57. The molecule has 0 aliphatic rings. The monoisotopic (exact) mass is 370 g/mol. The largest absolute Gasteiger partial charge is 0.493 e. The molecular formula is C19H19FN4O3. The van der Waals surface area contributed by atoms with Gasteiger partial charge in [-0.1, -0.05) is 6.07 Å². The minimum absolute atomic E-state index is 0.0392. The third-order valence-electron chi connectivity index (χ3n) is 3.94. The van der Waals surface area contributed by atoms with Crippen molar-refractivity contribution in [2.24, 2.45) is 0 Å². The zero-order chi connectivity index (χ0) is 19.4.